The lowest BCUT2D eigenvalue weighted by Gasteiger charge is -2.29. The van der Waals surface area contributed by atoms with Gasteiger partial charge in [0.25, 0.3) is 5.69 Å². The summed E-state index contributed by atoms with van der Waals surface area (Å²) in [5, 5.41) is 24.7. The van der Waals surface area contributed by atoms with Crippen molar-refractivity contribution < 1.29 is 13.3 Å². The second kappa shape index (κ2) is 7.14. The standard InChI is InChI=1S/C18H16ClN5O4S/c19-12-3-1-11(2-4-12)18-14-10-23(8-7-15(14)21-22-18)16-6-5-13(29(20,27)28)9-17(16)24(25)26/h1-6,9H,7-8,10H2,(H,21,22)(H2,20,27,28). The number of rotatable bonds is 4. The topological polar surface area (TPSA) is 135 Å². The molecule has 2 heterocycles. The normalized spacial score (nSPS) is 13.9. The number of nitro groups is 1. The molecule has 0 amide bonds. The van der Waals surface area contributed by atoms with E-state index in [0.717, 1.165) is 28.6 Å². The molecule has 0 unspecified atom stereocenters. The second-order valence-electron chi connectivity index (χ2n) is 6.66. The van der Waals surface area contributed by atoms with E-state index in [2.05, 4.69) is 10.2 Å². The number of primary sulfonamides is 1. The third-order valence-corrected chi connectivity index (χ3v) is 6.03. The fraction of sp³-hybridized carbons (Fsp3) is 0.167. The van der Waals surface area contributed by atoms with Crippen molar-refractivity contribution in [3.8, 4) is 11.3 Å². The summed E-state index contributed by atoms with van der Waals surface area (Å²) >= 11 is 5.96. The van der Waals surface area contributed by atoms with E-state index in [1.54, 1.807) is 12.1 Å². The SMILES string of the molecule is NS(=O)(=O)c1ccc(N2CCc3[nH]nc(-c4ccc(Cl)cc4)c3C2)c([N+](=O)[O-])c1. The second-order valence-corrected chi connectivity index (χ2v) is 8.66. The van der Waals surface area contributed by atoms with Gasteiger partial charge in [0.1, 0.15) is 5.69 Å². The minimum Gasteiger partial charge on any atom is -0.361 e. The van der Waals surface area contributed by atoms with Crippen molar-refractivity contribution in [2.75, 3.05) is 11.4 Å². The zero-order chi connectivity index (χ0) is 20.8. The minimum absolute atomic E-state index is 0.296. The summed E-state index contributed by atoms with van der Waals surface area (Å²) in [5.41, 5.74) is 3.56. The highest BCUT2D eigenvalue weighted by Gasteiger charge is 2.28. The number of fused-ring (bicyclic) bond motifs is 1. The Morgan fingerprint density at radius 1 is 1.21 bits per heavy atom. The van der Waals surface area contributed by atoms with Crippen LogP contribution in [0.3, 0.4) is 0 Å². The largest absolute Gasteiger partial charge is 0.361 e. The van der Waals surface area contributed by atoms with Crippen LogP contribution in [0.4, 0.5) is 11.4 Å². The third kappa shape index (κ3) is 3.69. The molecular weight excluding hydrogens is 418 g/mol. The molecule has 0 saturated heterocycles. The number of nitrogens with two attached hydrogens (primary N) is 1. The van der Waals surface area contributed by atoms with Crippen LogP contribution in [0, 0.1) is 10.1 Å². The number of aromatic amines is 1. The van der Waals surface area contributed by atoms with E-state index < -0.39 is 14.9 Å². The lowest BCUT2D eigenvalue weighted by atomic mass is 10.0. The van der Waals surface area contributed by atoms with Crippen LogP contribution in [0.5, 0.6) is 0 Å². The predicted molar refractivity (Wildman–Crippen MR) is 108 cm³/mol. The van der Waals surface area contributed by atoms with E-state index in [-0.39, 0.29) is 10.6 Å². The number of H-pyrrole nitrogens is 1. The number of anilines is 1. The first-order chi connectivity index (χ1) is 13.7. The van der Waals surface area contributed by atoms with Crippen LogP contribution in [-0.2, 0) is 23.0 Å². The summed E-state index contributed by atoms with van der Waals surface area (Å²) in [6, 6.07) is 11.0. The quantitative estimate of drug-likeness (QED) is 0.479. The van der Waals surface area contributed by atoms with Crippen molar-refractivity contribution in [1.82, 2.24) is 10.2 Å². The van der Waals surface area contributed by atoms with E-state index in [1.165, 1.54) is 12.1 Å². The maximum atomic E-state index is 11.6. The van der Waals surface area contributed by atoms with E-state index in [0.29, 0.717) is 30.2 Å². The number of hydrogen-bond donors (Lipinski definition) is 2. The van der Waals surface area contributed by atoms with Crippen LogP contribution in [0.2, 0.25) is 5.02 Å². The molecule has 3 aromatic rings. The van der Waals surface area contributed by atoms with Gasteiger partial charge in [-0.05, 0) is 24.3 Å². The zero-order valence-electron chi connectivity index (χ0n) is 15.0. The van der Waals surface area contributed by atoms with Crippen molar-refractivity contribution in [2.45, 2.75) is 17.9 Å². The van der Waals surface area contributed by atoms with Gasteiger partial charge in [-0.2, -0.15) is 5.10 Å². The molecule has 0 atom stereocenters. The molecule has 1 aromatic heterocycles. The molecule has 0 radical (unpaired) electrons. The van der Waals surface area contributed by atoms with Gasteiger partial charge in [-0.15, -0.1) is 0 Å². The fourth-order valence-corrected chi connectivity index (χ4v) is 4.10. The summed E-state index contributed by atoms with van der Waals surface area (Å²) in [6.45, 7) is 0.907. The van der Waals surface area contributed by atoms with E-state index in [9.17, 15) is 18.5 Å². The van der Waals surface area contributed by atoms with Crippen molar-refractivity contribution in [3.05, 3.63) is 68.9 Å². The predicted octanol–water partition coefficient (Wildman–Crippen LogP) is 2.85. The Morgan fingerprint density at radius 3 is 2.59 bits per heavy atom. The summed E-state index contributed by atoms with van der Waals surface area (Å²) in [7, 11) is -4.04. The molecular formula is C18H16ClN5O4S. The number of sulfonamides is 1. The number of nitrogens with zero attached hydrogens (tertiary/aromatic N) is 3. The molecule has 0 aliphatic carbocycles. The Bertz CT molecular complexity index is 1210. The van der Waals surface area contributed by atoms with E-state index >= 15 is 0 Å². The first-order valence-corrected chi connectivity index (χ1v) is 10.5. The maximum absolute atomic E-state index is 11.6. The van der Waals surface area contributed by atoms with Crippen LogP contribution in [0.1, 0.15) is 11.3 Å². The average molecular weight is 434 g/mol. The first kappa shape index (κ1) is 19.4. The monoisotopic (exact) mass is 433 g/mol. The maximum Gasteiger partial charge on any atom is 0.293 e. The van der Waals surface area contributed by atoms with Gasteiger partial charge < -0.3 is 4.90 Å². The van der Waals surface area contributed by atoms with Crippen molar-refractivity contribution in [3.63, 3.8) is 0 Å². The van der Waals surface area contributed by atoms with E-state index in [1.807, 2.05) is 17.0 Å². The smallest absolute Gasteiger partial charge is 0.293 e. The van der Waals surface area contributed by atoms with Crippen LogP contribution >= 0.6 is 11.6 Å². The first-order valence-electron chi connectivity index (χ1n) is 8.62. The van der Waals surface area contributed by atoms with Gasteiger partial charge in [-0.3, -0.25) is 15.2 Å². The van der Waals surface area contributed by atoms with Crippen LogP contribution in [0.25, 0.3) is 11.3 Å². The highest BCUT2D eigenvalue weighted by atomic mass is 35.5. The van der Waals surface area contributed by atoms with Crippen molar-refractivity contribution >= 4 is 33.0 Å². The Hall–Kier alpha value is -2.95. The lowest BCUT2D eigenvalue weighted by molar-refractivity contribution is -0.384. The minimum atomic E-state index is -4.04. The number of aromatic nitrogens is 2. The summed E-state index contributed by atoms with van der Waals surface area (Å²) in [6.07, 6.45) is 0.615. The number of hydrogen-bond acceptors (Lipinski definition) is 6. The number of benzene rings is 2. The van der Waals surface area contributed by atoms with Gasteiger partial charge in [0, 0.05) is 47.4 Å². The molecule has 3 N–H and O–H groups in total. The highest BCUT2D eigenvalue weighted by Crippen LogP contribution is 2.36. The molecule has 0 spiro atoms. The fourth-order valence-electron chi connectivity index (χ4n) is 3.44. The van der Waals surface area contributed by atoms with Crippen LogP contribution in [-0.4, -0.2) is 30.1 Å². The van der Waals surface area contributed by atoms with Crippen molar-refractivity contribution in [1.29, 1.82) is 0 Å². The van der Waals surface area contributed by atoms with Gasteiger partial charge in [0.15, 0.2) is 0 Å². The molecule has 11 heteroatoms. The van der Waals surface area contributed by atoms with Gasteiger partial charge in [-0.25, -0.2) is 13.6 Å². The van der Waals surface area contributed by atoms with Gasteiger partial charge >= 0.3 is 0 Å². The Balaban J connectivity index is 1.73. The molecule has 0 saturated carbocycles. The van der Waals surface area contributed by atoms with E-state index in [4.69, 9.17) is 16.7 Å². The number of nitro benzene ring substituents is 1. The van der Waals surface area contributed by atoms with Crippen LogP contribution < -0.4 is 10.0 Å². The summed E-state index contributed by atoms with van der Waals surface area (Å²) < 4.78 is 23.1. The zero-order valence-corrected chi connectivity index (χ0v) is 16.6. The Labute approximate surface area is 171 Å². The molecule has 9 nitrogen and oxygen atoms in total. The molecule has 29 heavy (non-hydrogen) atoms. The van der Waals surface area contributed by atoms with Gasteiger partial charge in [0.2, 0.25) is 10.0 Å². The summed E-state index contributed by atoms with van der Waals surface area (Å²) in [5.74, 6) is 0. The number of nitrogens with one attached hydrogen (secondary N) is 1. The van der Waals surface area contributed by atoms with Gasteiger partial charge in [0.05, 0.1) is 15.5 Å². The lowest BCUT2D eigenvalue weighted by Crippen LogP contribution is -2.31. The molecule has 150 valence electrons. The summed E-state index contributed by atoms with van der Waals surface area (Å²) in [4.78, 5) is 12.5. The third-order valence-electron chi connectivity index (χ3n) is 4.86. The highest BCUT2D eigenvalue weighted by molar-refractivity contribution is 7.89. The number of halogens is 1. The molecule has 2 aromatic carbocycles. The molecule has 4 rings (SSSR count). The Morgan fingerprint density at radius 2 is 1.93 bits per heavy atom. The average Bonchev–Trinajstić information content (AvgIpc) is 3.10. The Kier molecular flexibility index (Phi) is 4.77. The molecule has 1 aliphatic heterocycles. The van der Waals surface area contributed by atoms with Crippen LogP contribution in [0.15, 0.2) is 47.4 Å². The molecule has 0 fully saturated rings. The van der Waals surface area contributed by atoms with Crippen molar-refractivity contribution in [2.24, 2.45) is 5.14 Å². The van der Waals surface area contributed by atoms with Gasteiger partial charge in [-0.1, -0.05) is 23.7 Å². The molecule has 1 aliphatic rings. The molecule has 0 bridgehead atoms.